The summed E-state index contributed by atoms with van der Waals surface area (Å²) in [5, 5.41) is 8.36. The Morgan fingerprint density at radius 1 is 1.33 bits per heavy atom. The van der Waals surface area contributed by atoms with Gasteiger partial charge in [-0.3, -0.25) is 4.79 Å². The number of nitrogens with one attached hydrogen (secondary N) is 2. The highest BCUT2D eigenvalue weighted by Gasteiger charge is 2.31. The van der Waals surface area contributed by atoms with E-state index < -0.39 is 0 Å². The van der Waals surface area contributed by atoms with Crippen LogP contribution in [0.4, 0.5) is 4.39 Å². The van der Waals surface area contributed by atoms with Crippen LogP contribution in [-0.2, 0) is 6.42 Å². The molecule has 2 aromatic heterocycles. The molecule has 0 spiro atoms. The maximum absolute atomic E-state index is 13.3. The second kappa shape index (κ2) is 8.10. The van der Waals surface area contributed by atoms with Gasteiger partial charge in [0.2, 0.25) is 0 Å². The number of hydrogen-bond donors (Lipinski definition) is 3. The van der Waals surface area contributed by atoms with Crippen LogP contribution in [-0.4, -0.2) is 40.1 Å². The van der Waals surface area contributed by atoms with Gasteiger partial charge in [0.1, 0.15) is 17.2 Å². The van der Waals surface area contributed by atoms with E-state index in [2.05, 4.69) is 9.97 Å². The van der Waals surface area contributed by atoms with Gasteiger partial charge in [-0.1, -0.05) is 12.1 Å². The van der Waals surface area contributed by atoms with Crippen LogP contribution in [0.3, 0.4) is 0 Å². The molecule has 3 heterocycles. The Hall–Kier alpha value is -3.48. The minimum absolute atomic E-state index is 0.0469. The summed E-state index contributed by atoms with van der Waals surface area (Å²) >= 11 is 0. The second-order valence-corrected chi connectivity index (χ2v) is 7.80. The predicted molar refractivity (Wildman–Crippen MR) is 116 cm³/mol. The summed E-state index contributed by atoms with van der Waals surface area (Å²) in [6, 6.07) is 12.2. The minimum Gasteiger partial charge on any atom is -0.402 e. The van der Waals surface area contributed by atoms with Gasteiger partial charge < -0.3 is 21.0 Å². The molecule has 1 aliphatic rings. The number of hydrogen-bond acceptors (Lipinski definition) is 4. The Labute approximate surface area is 174 Å². The summed E-state index contributed by atoms with van der Waals surface area (Å²) in [5.41, 5.74) is 9.59. The number of halogens is 1. The molecule has 154 valence electrons. The van der Waals surface area contributed by atoms with Crippen molar-refractivity contribution in [3.8, 4) is 0 Å². The van der Waals surface area contributed by atoms with Gasteiger partial charge in [-0.25, -0.2) is 9.37 Å². The lowest BCUT2D eigenvalue weighted by molar-refractivity contribution is 0.0481. The topological polar surface area (TPSA) is 98.9 Å². The van der Waals surface area contributed by atoms with Crippen molar-refractivity contribution in [3.63, 3.8) is 0 Å². The molecule has 3 aromatic rings. The van der Waals surface area contributed by atoms with Crippen LogP contribution in [0.1, 0.15) is 35.1 Å². The molecule has 0 saturated carbocycles. The number of aryl methyl sites for hydroxylation is 1. The van der Waals surface area contributed by atoms with Gasteiger partial charge in [0.15, 0.2) is 0 Å². The molecule has 4 rings (SSSR count). The monoisotopic (exact) mass is 405 g/mol. The lowest BCUT2D eigenvalue weighted by atomic mass is 9.92. The van der Waals surface area contributed by atoms with Crippen molar-refractivity contribution in [1.29, 1.82) is 5.41 Å². The summed E-state index contributed by atoms with van der Waals surface area (Å²) in [6.45, 7) is 3.13. The van der Waals surface area contributed by atoms with Crippen LogP contribution < -0.4 is 5.73 Å². The molecule has 1 fully saturated rings. The number of aromatic amines is 1. The van der Waals surface area contributed by atoms with Crippen molar-refractivity contribution in [2.24, 2.45) is 11.7 Å². The van der Waals surface area contributed by atoms with E-state index in [0.29, 0.717) is 47.3 Å². The van der Waals surface area contributed by atoms with Crippen LogP contribution in [0.5, 0.6) is 0 Å². The Morgan fingerprint density at radius 2 is 2.13 bits per heavy atom. The first kappa shape index (κ1) is 19.8. The van der Waals surface area contributed by atoms with Crippen LogP contribution >= 0.6 is 0 Å². The molecule has 0 radical (unpaired) electrons. The molecule has 1 aromatic carbocycles. The maximum Gasteiger partial charge on any atom is 0.270 e. The molecule has 30 heavy (non-hydrogen) atoms. The van der Waals surface area contributed by atoms with Crippen LogP contribution in [0.15, 0.2) is 48.2 Å². The van der Waals surface area contributed by atoms with E-state index in [4.69, 9.17) is 11.1 Å². The van der Waals surface area contributed by atoms with Crippen molar-refractivity contribution in [3.05, 3.63) is 70.9 Å². The quantitative estimate of drug-likeness (QED) is 0.545. The Balaban J connectivity index is 1.39. The third kappa shape index (κ3) is 3.96. The van der Waals surface area contributed by atoms with E-state index in [1.54, 1.807) is 31.2 Å². The van der Waals surface area contributed by atoms with Gasteiger partial charge in [-0.15, -0.1) is 0 Å². The average Bonchev–Trinajstić information content (AvgIpc) is 3.10. The Kier molecular flexibility index (Phi) is 5.35. The highest BCUT2D eigenvalue weighted by atomic mass is 19.1. The molecule has 1 aliphatic heterocycles. The van der Waals surface area contributed by atoms with E-state index in [-0.39, 0.29) is 11.7 Å². The predicted octanol–water partition coefficient (Wildman–Crippen LogP) is 3.75. The number of nitrogens with zero attached hydrogens (tertiary/aromatic N) is 2. The fourth-order valence-corrected chi connectivity index (χ4v) is 3.81. The number of pyridine rings is 1. The van der Waals surface area contributed by atoms with Crippen LogP contribution in [0, 0.1) is 17.1 Å². The molecule has 1 saturated heterocycles. The molecule has 4 N–H and O–H groups in total. The number of likely N-dealkylation sites (tertiary alicyclic amines) is 1. The number of nitrogens with two attached hydrogens (primary N) is 1. The molecule has 0 atom stereocenters. The Bertz CT molecular complexity index is 1140. The first-order chi connectivity index (χ1) is 14.4. The van der Waals surface area contributed by atoms with Gasteiger partial charge >= 0.3 is 0 Å². The number of carbonyl (C=O) groups is 1. The molecule has 6 nitrogen and oxygen atoms in total. The molecular weight excluding hydrogens is 381 g/mol. The van der Waals surface area contributed by atoms with Crippen molar-refractivity contribution in [2.75, 3.05) is 13.1 Å². The molecule has 1 amide bonds. The Morgan fingerprint density at radius 3 is 2.83 bits per heavy atom. The van der Waals surface area contributed by atoms with Gasteiger partial charge in [-0.2, -0.15) is 0 Å². The highest BCUT2D eigenvalue weighted by Crippen LogP contribution is 2.25. The maximum atomic E-state index is 13.3. The zero-order chi connectivity index (χ0) is 21.3. The van der Waals surface area contributed by atoms with Crippen molar-refractivity contribution in [2.45, 2.75) is 19.8 Å². The number of carbonyl (C=O) groups excluding carboxylic acids is 1. The summed E-state index contributed by atoms with van der Waals surface area (Å²) in [5.74, 6) is 0.173. The molecular formula is C23H24FN5O. The number of H-pyrrole nitrogens is 1. The molecule has 7 heteroatoms. The average molecular weight is 405 g/mol. The summed E-state index contributed by atoms with van der Waals surface area (Å²) in [7, 11) is 0. The zero-order valence-corrected chi connectivity index (χ0v) is 16.8. The standard InChI is InChI=1S/C23H24FN5O/c1-14(26)19(11-25)20-8-7-17-10-21(28-22(17)27-20)23(30)29-12-16(13-29)6-5-15-3-2-4-18(24)9-15/h2-4,7-11,16,25H,5-6,12-13,26H2,1H3,(H,27,28)/b19-14+,25-11?. The third-order valence-electron chi connectivity index (χ3n) is 5.53. The van der Waals surface area contributed by atoms with Crippen molar-refractivity contribution < 1.29 is 9.18 Å². The molecule has 0 aliphatic carbocycles. The van der Waals surface area contributed by atoms with E-state index in [0.717, 1.165) is 23.8 Å². The van der Waals surface area contributed by atoms with Crippen LogP contribution in [0.25, 0.3) is 16.6 Å². The summed E-state index contributed by atoms with van der Waals surface area (Å²) < 4.78 is 13.3. The minimum atomic E-state index is -0.210. The summed E-state index contributed by atoms with van der Waals surface area (Å²) in [4.78, 5) is 22.2. The van der Waals surface area contributed by atoms with Gasteiger partial charge in [-0.05, 0) is 61.6 Å². The SMILES string of the molecule is C/C(N)=C(/C=N)c1ccc2cc(C(=O)N3CC(CCc4cccc(F)c4)C3)[nH]c2n1. The number of amides is 1. The van der Waals surface area contributed by atoms with E-state index in [1.165, 1.54) is 12.3 Å². The first-order valence-electron chi connectivity index (χ1n) is 9.95. The number of aromatic nitrogens is 2. The molecule has 0 bridgehead atoms. The molecule has 0 unspecified atom stereocenters. The lowest BCUT2D eigenvalue weighted by Gasteiger charge is -2.39. The fourth-order valence-electron chi connectivity index (χ4n) is 3.81. The van der Waals surface area contributed by atoms with Crippen molar-refractivity contribution in [1.82, 2.24) is 14.9 Å². The van der Waals surface area contributed by atoms with Crippen LogP contribution in [0.2, 0.25) is 0 Å². The van der Waals surface area contributed by atoms with Crippen molar-refractivity contribution >= 4 is 28.7 Å². The zero-order valence-electron chi connectivity index (χ0n) is 16.8. The van der Waals surface area contributed by atoms with Gasteiger partial charge in [0.25, 0.3) is 5.91 Å². The first-order valence-corrected chi connectivity index (χ1v) is 9.95. The van der Waals surface area contributed by atoms with Gasteiger partial charge in [0.05, 0.1) is 5.69 Å². The largest absolute Gasteiger partial charge is 0.402 e. The van der Waals surface area contributed by atoms with E-state index in [1.807, 2.05) is 17.0 Å². The number of fused-ring (bicyclic) bond motifs is 1. The highest BCUT2D eigenvalue weighted by molar-refractivity contribution is 6.09. The number of rotatable bonds is 6. The second-order valence-electron chi connectivity index (χ2n) is 7.80. The number of allylic oxidation sites excluding steroid dienone is 2. The lowest BCUT2D eigenvalue weighted by Crippen LogP contribution is -2.50. The summed E-state index contributed by atoms with van der Waals surface area (Å²) in [6.07, 6.45) is 2.93. The normalized spacial score (nSPS) is 15.1. The third-order valence-corrected chi connectivity index (χ3v) is 5.53. The smallest absolute Gasteiger partial charge is 0.270 e. The van der Waals surface area contributed by atoms with Gasteiger partial charge in [0, 0.05) is 36.0 Å². The fraction of sp³-hybridized carbons (Fsp3) is 0.261. The van der Waals surface area contributed by atoms with E-state index >= 15 is 0 Å². The van der Waals surface area contributed by atoms with E-state index in [9.17, 15) is 9.18 Å². The number of benzene rings is 1.